The lowest BCUT2D eigenvalue weighted by Gasteiger charge is -2.08. The summed E-state index contributed by atoms with van der Waals surface area (Å²) < 4.78 is 0. The third kappa shape index (κ3) is 5.25. The molecule has 2 aromatic carbocycles. The summed E-state index contributed by atoms with van der Waals surface area (Å²) in [6.45, 7) is 1.14. The summed E-state index contributed by atoms with van der Waals surface area (Å²) >= 11 is 1.74. The minimum Gasteiger partial charge on any atom is -0.355 e. The SMILES string of the molecule is NCc1ccccc1CC(=O)NCCSc1ccccc1. The number of rotatable bonds is 7. The lowest BCUT2D eigenvalue weighted by molar-refractivity contribution is -0.120. The smallest absolute Gasteiger partial charge is 0.224 e. The molecule has 0 aromatic heterocycles. The van der Waals surface area contributed by atoms with E-state index in [0.29, 0.717) is 19.5 Å². The van der Waals surface area contributed by atoms with Crippen LogP contribution in [0.25, 0.3) is 0 Å². The summed E-state index contributed by atoms with van der Waals surface area (Å²) in [5, 5.41) is 2.95. The normalized spacial score (nSPS) is 10.3. The van der Waals surface area contributed by atoms with E-state index in [1.54, 1.807) is 11.8 Å². The second kappa shape index (κ2) is 8.49. The monoisotopic (exact) mass is 300 g/mol. The van der Waals surface area contributed by atoms with Crippen LogP contribution in [-0.4, -0.2) is 18.2 Å². The molecule has 0 saturated carbocycles. The summed E-state index contributed by atoms with van der Waals surface area (Å²) in [6.07, 6.45) is 0.392. The third-order valence-electron chi connectivity index (χ3n) is 3.13. The topological polar surface area (TPSA) is 55.1 Å². The maximum atomic E-state index is 11.9. The highest BCUT2D eigenvalue weighted by atomic mass is 32.2. The molecule has 0 bridgehead atoms. The molecule has 0 unspecified atom stereocenters. The van der Waals surface area contributed by atoms with Crippen LogP contribution in [0.5, 0.6) is 0 Å². The number of benzene rings is 2. The molecule has 0 fully saturated rings. The molecule has 2 rings (SSSR count). The van der Waals surface area contributed by atoms with Crippen molar-refractivity contribution in [1.82, 2.24) is 5.32 Å². The molecule has 2 aromatic rings. The minimum atomic E-state index is 0.0459. The number of carbonyl (C=O) groups is 1. The number of carbonyl (C=O) groups excluding carboxylic acids is 1. The number of amides is 1. The van der Waals surface area contributed by atoms with Gasteiger partial charge in [-0.3, -0.25) is 4.79 Å². The lowest BCUT2D eigenvalue weighted by atomic mass is 10.0. The summed E-state index contributed by atoms with van der Waals surface area (Å²) in [4.78, 5) is 13.2. The van der Waals surface area contributed by atoms with Crippen molar-refractivity contribution in [2.45, 2.75) is 17.9 Å². The van der Waals surface area contributed by atoms with Crippen molar-refractivity contribution in [3.8, 4) is 0 Å². The molecular weight excluding hydrogens is 280 g/mol. The molecule has 0 spiro atoms. The second-order valence-electron chi connectivity index (χ2n) is 4.66. The van der Waals surface area contributed by atoms with Gasteiger partial charge < -0.3 is 11.1 Å². The standard InChI is InChI=1S/C17H20N2OS/c18-13-15-7-5-4-6-14(15)12-17(20)19-10-11-21-16-8-2-1-3-9-16/h1-9H,10-13,18H2,(H,19,20). The molecule has 4 heteroatoms. The van der Waals surface area contributed by atoms with Crippen LogP contribution < -0.4 is 11.1 Å². The number of nitrogens with two attached hydrogens (primary N) is 1. The molecule has 110 valence electrons. The van der Waals surface area contributed by atoms with Crippen molar-refractivity contribution in [3.05, 3.63) is 65.7 Å². The molecule has 0 saturated heterocycles. The molecular formula is C17H20N2OS. The average Bonchev–Trinajstić information content (AvgIpc) is 2.53. The van der Waals surface area contributed by atoms with Crippen molar-refractivity contribution in [3.63, 3.8) is 0 Å². The average molecular weight is 300 g/mol. The quantitative estimate of drug-likeness (QED) is 0.610. The van der Waals surface area contributed by atoms with Gasteiger partial charge in [-0.25, -0.2) is 0 Å². The van der Waals surface area contributed by atoms with Gasteiger partial charge in [0, 0.05) is 23.7 Å². The van der Waals surface area contributed by atoms with E-state index in [1.165, 1.54) is 4.90 Å². The second-order valence-corrected chi connectivity index (χ2v) is 5.83. The van der Waals surface area contributed by atoms with Crippen molar-refractivity contribution in [2.24, 2.45) is 5.73 Å². The van der Waals surface area contributed by atoms with Crippen LogP contribution in [0.4, 0.5) is 0 Å². The van der Waals surface area contributed by atoms with Crippen molar-refractivity contribution in [2.75, 3.05) is 12.3 Å². The summed E-state index contributed by atoms with van der Waals surface area (Å²) in [7, 11) is 0. The Morgan fingerprint density at radius 1 is 1.00 bits per heavy atom. The van der Waals surface area contributed by atoms with Gasteiger partial charge in [0.05, 0.1) is 6.42 Å². The molecule has 3 N–H and O–H groups in total. The Labute approximate surface area is 129 Å². The van der Waals surface area contributed by atoms with Gasteiger partial charge in [0.1, 0.15) is 0 Å². The number of hydrogen-bond donors (Lipinski definition) is 2. The van der Waals surface area contributed by atoms with Crippen LogP contribution in [0, 0.1) is 0 Å². The fourth-order valence-corrected chi connectivity index (χ4v) is 2.83. The minimum absolute atomic E-state index is 0.0459. The van der Waals surface area contributed by atoms with Gasteiger partial charge in [-0.2, -0.15) is 0 Å². The van der Waals surface area contributed by atoms with E-state index >= 15 is 0 Å². The Hall–Kier alpha value is -1.78. The number of thioether (sulfide) groups is 1. The fourth-order valence-electron chi connectivity index (χ4n) is 2.04. The van der Waals surface area contributed by atoms with Crippen LogP contribution >= 0.6 is 11.8 Å². The van der Waals surface area contributed by atoms with E-state index in [9.17, 15) is 4.79 Å². The van der Waals surface area contributed by atoms with Crippen molar-refractivity contribution < 1.29 is 4.79 Å². The van der Waals surface area contributed by atoms with Crippen LogP contribution in [0.15, 0.2) is 59.5 Å². The van der Waals surface area contributed by atoms with Crippen molar-refractivity contribution in [1.29, 1.82) is 0 Å². The first-order valence-corrected chi connectivity index (χ1v) is 7.99. The molecule has 3 nitrogen and oxygen atoms in total. The third-order valence-corrected chi connectivity index (χ3v) is 4.14. The first-order chi connectivity index (χ1) is 10.3. The van der Waals surface area contributed by atoms with E-state index in [-0.39, 0.29) is 5.91 Å². The molecule has 0 aliphatic rings. The van der Waals surface area contributed by atoms with Gasteiger partial charge in [-0.05, 0) is 23.3 Å². The Morgan fingerprint density at radius 2 is 1.67 bits per heavy atom. The fraction of sp³-hybridized carbons (Fsp3) is 0.235. The summed E-state index contributed by atoms with van der Waals surface area (Å²) in [5.74, 6) is 0.915. The van der Waals surface area contributed by atoms with Crippen molar-refractivity contribution >= 4 is 17.7 Å². The molecule has 21 heavy (non-hydrogen) atoms. The van der Waals surface area contributed by atoms with Gasteiger partial charge >= 0.3 is 0 Å². The maximum Gasteiger partial charge on any atom is 0.224 e. The number of nitrogens with one attached hydrogen (secondary N) is 1. The van der Waals surface area contributed by atoms with Crippen LogP contribution in [0.3, 0.4) is 0 Å². The van der Waals surface area contributed by atoms with Gasteiger partial charge in [0.25, 0.3) is 0 Å². The molecule has 1 amide bonds. The zero-order valence-corrected chi connectivity index (χ0v) is 12.7. The highest BCUT2D eigenvalue weighted by Crippen LogP contribution is 2.15. The lowest BCUT2D eigenvalue weighted by Crippen LogP contribution is -2.27. The van der Waals surface area contributed by atoms with E-state index in [1.807, 2.05) is 42.5 Å². The van der Waals surface area contributed by atoms with E-state index < -0.39 is 0 Å². The van der Waals surface area contributed by atoms with E-state index in [2.05, 4.69) is 17.4 Å². The van der Waals surface area contributed by atoms with Crippen LogP contribution in [0.2, 0.25) is 0 Å². The van der Waals surface area contributed by atoms with Crippen LogP contribution in [-0.2, 0) is 17.8 Å². The summed E-state index contributed by atoms with van der Waals surface area (Å²) in [5.41, 5.74) is 7.72. The zero-order valence-electron chi connectivity index (χ0n) is 11.9. The Bertz CT molecular complexity index is 572. The highest BCUT2D eigenvalue weighted by Gasteiger charge is 2.06. The molecule has 0 atom stereocenters. The first-order valence-electron chi connectivity index (χ1n) is 7.01. The van der Waals surface area contributed by atoms with Gasteiger partial charge in [-0.1, -0.05) is 42.5 Å². The highest BCUT2D eigenvalue weighted by molar-refractivity contribution is 7.99. The van der Waals surface area contributed by atoms with E-state index in [0.717, 1.165) is 16.9 Å². The maximum absolute atomic E-state index is 11.9. The largest absolute Gasteiger partial charge is 0.355 e. The van der Waals surface area contributed by atoms with Gasteiger partial charge in [0.15, 0.2) is 0 Å². The predicted octanol–water partition coefficient (Wildman–Crippen LogP) is 2.60. The first kappa shape index (κ1) is 15.6. The molecule has 0 aliphatic heterocycles. The van der Waals surface area contributed by atoms with Gasteiger partial charge in [0.2, 0.25) is 5.91 Å². The van der Waals surface area contributed by atoms with E-state index in [4.69, 9.17) is 5.73 Å². The Morgan fingerprint density at radius 3 is 2.38 bits per heavy atom. The summed E-state index contributed by atoms with van der Waals surface area (Å²) in [6, 6.07) is 18.0. The Kier molecular flexibility index (Phi) is 6.31. The molecule has 0 aliphatic carbocycles. The molecule has 0 radical (unpaired) electrons. The van der Waals surface area contributed by atoms with Crippen LogP contribution in [0.1, 0.15) is 11.1 Å². The van der Waals surface area contributed by atoms with Gasteiger partial charge in [-0.15, -0.1) is 11.8 Å². The Balaban J connectivity index is 1.72. The zero-order chi connectivity index (χ0) is 14.9. The molecule has 0 heterocycles. The predicted molar refractivity (Wildman–Crippen MR) is 88.2 cm³/mol. The number of hydrogen-bond acceptors (Lipinski definition) is 3.